The summed E-state index contributed by atoms with van der Waals surface area (Å²) in [6.07, 6.45) is 7.97. The highest BCUT2D eigenvalue weighted by Crippen LogP contribution is 2.21. The monoisotopic (exact) mass is 318 g/mol. The molecule has 1 aromatic carbocycles. The van der Waals surface area contributed by atoms with Crippen LogP contribution in [0.4, 0.5) is 5.69 Å². The maximum atomic E-state index is 4.43. The summed E-state index contributed by atoms with van der Waals surface area (Å²) in [7, 11) is 0. The summed E-state index contributed by atoms with van der Waals surface area (Å²) in [5.74, 6) is 0. The van der Waals surface area contributed by atoms with Gasteiger partial charge in [-0.2, -0.15) is 0 Å². The molecule has 0 amide bonds. The smallest absolute Gasteiger partial charge is 0.0543 e. The lowest BCUT2D eigenvalue weighted by molar-refractivity contribution is 0.209. The van der Waals surface area contributed by atoms with Crippen LogP contribution in [0, 0.1) is 0 Å². The number of pyridine rings is 2. The first-order chi connectivity index (χ1) is 11.9. The van der Waals surface area contributed by atoms with Crippen LogP contribution in [0.1, 0.15) is 18.5 Å². The van der Waals surface area contributed by atoms with Crippen molar-refractivity contribution in [2.75, 3.05) is 18.4 Å². The van der Waals surface area contributed by atoms with E-state index in [2.05, 4.69) is 56.6 Å². The molecule has 1 saturated heterocycles. The summed E-state index contributed by atoms with van der Waals surface area (Å²) in [5.41, 5.74) is 2.36. The Morgan fingerprint density at radius 1 is 1.00 bits per heavy atom. The topological polar surface area (TPSA) is 41.0 Å². The molecule has 0 bridgehead atoms. The number of aromatic nitrogens is 2. The molecule has 0 spiro atoms. The van der Waals surface area contributed by atoms with Crippen LogP contribution >= 0.6 is 0 Å². The second-order valence-corrected chi connectivity index (χ2v) is 6.45. The Labute approximate surface area is 142 Å². The Hall–Kier alpha value is -2.46. The van der Waals surface area contributed by atoms with Gasteiger partial charge in [0.2, 0.25) is 0 Å². The largest absolute Gasteiger partial charge is 0.382 e. The molecule has 0 aliphatic carbocycles. The number of benzene rings is 1. The van der Waals surface area contributed by atoms with E-state index in [1.165, 1.54) is 29.3 Å². The minimum atomic E-state index is 0.546. The van der Waals surface area contributed by atoms with Crippen LogP contribution < -0.4 is 5.32 Å². The first kappa shape index (κ1) is 15.1. The van der Waals surface area contributed by atoms with E-state index in [-0.39, 0.29) is 0 Å². The van der Waals surface area contributed by atoms with Crippen LogP contribution in [0.15, 0.2) is 61.1 Å². The van der Waals surface area contributed by atoms with E-state index in [1.54, 1.807) is 0 Å². The molecule has 3 aromatic rings. The molecule has 0 unspecified atom stereocenters. The van der Waals surface area contributed by atoms with E-state index < -0.39 is 0 Å². The SMILES string of the molecule is c1ccc(CN2CCC(Nc3ccc4cnccc4c3)CC2)nc1. The Morgan fingerprint density at radius 3 is 2.75 bits per heavy atom. The minimum Gasteiger partial charge on any atom is -0.382 e. The normalized spacial score (nSPS) is 16.3. The number of hydrogen-bond donors (Lipinski definition) is 1. The molecule has 3 heterocycles. The number of nitrogens with zero attached hydrogens (tertiary/aromatic N) is 3. The van der Waals surface area contributed by atoms with E-state index in [0.717, 1.165) is 25.3 Å². The molecular weight excluding hydrogens is 296 g/mol. The van der Waals surface area contributed by atoms with Gasteiger partial charge in [0.1, 0.15) is 0 Å². The quantitative estimate of drug-likeness (QED) is 0.796. The number of anilines is 1. The van der Waals surface area contributed by atoms with Gasteiger partial charge in [0.15, 0.2) is 0 Å². The molecule has 2 aromatic heterocycles. The van der Waals surface area contributed by atoms with E-state index >= 15 is 0 Å². The van der Waals surface area contributed by atoms with Crippen LogP contribution in [0.3, 0.4) is 0 Å². The van der Waals surface area contributed by atoms with Crippen molar-refractivity contribution in [1.82, 2.24) is 14.9 Å². The fourth-order valence-electron chi connectivity index (χ4n) is 3.36. The van der Waals surface area contributed by atoms with Gasteiger partial charge in [-0.3, -0.25) is 14.9 Å². The zero-order chi connectivity index (χ0) is 16.2. The van der Waals surface area contributed by atoms with Crippen LogP contribution in [0.2, 0.25) is 0 Å². The lowest BCUT2D eigenvalue weighted by Gasteiger charge is -2.32. The van der Waals surface area contributed by atoms with Crippen molar-refractivity contribution in [2.45, 2.75) is 25.4 Å². The summed E-state index contributed by atoms with van der Waals surface area (Å²) in [4.78, 5) is 11.1. The molecule has 1 aliphatic heterocycles. The molecule has 24 heavy (non-hydrogen) atoms. The molecule has 0 saturated carbocycles. The van der Waals surface area contributed by atoms with Gasteiger partial charge in [0.05, 0.1) is 5.69 Å². The minimum absolute atomic E-state index is 0.546. The summed E-state index contributed by atoms with van der Waals surface area (Å²) in [6.45, 7) is 3.19. The van der Waals surface area contributed by atoms with Crippen molar-refractivity contribution in [1.29, 1.82) is 0 Å². The molecule has 0 atom stereocenters. The zero-order valence-electron chi connectivity index (χ0n) is 13.7. The number of nitrogens with one attached hydrogen (secondary N) is 1. The van der Waals surface area contributed by atoms with Crippen LogP contribution in [0.25, 0.3) is 10.8 Å². The summed E-state index contributed by atoms with van der Waals surface area (Å²) in [5, 5.41) is 6.12. The van der Waals surface area contributed by atoms with Gasteiger partial charge in [0.25, 0.3) is 0 Å². The molecule has 1 aliphatic rings. The van der Waals surface area contributed by atoms with Crippen LogP contribution in [-0.4, -0.2) is 34.0 Å². The maximum absolute atomic E-state index is 4.43. The first-order valence-corrected chi connectivity index (χ1v) is 8.59. The van der Waals surface area contributed by atoms with Crippen molar-refractivity contribution < 1.29 is 0 Å². The molecule has 122 valence electrons. The molecule has 4 heteroatoms. The predicted molar refractivity (Wildman–Crippen MR) is 97.9 cm³/mol. The third-order valence-electron chi connectivity index (χ3n) is 4.71. The number of piperidine rings is 1. The van der Waals surface area contributed by atoms with E-state index in [4.69, 9.17) is 0 Å². The summed E-state index contributed by atoms with van der Waals surface area (Å²) >= 11 is 0. The highest BCUT2D eigenvalue weighted by molar-refractivity contribution is 5.84. The Kier molecular flexibility index (Phi) is 4.38. The van der Waals surface area contributed by atoms with Crippen molar-refractivity contribution in [3.8, 4) is 0 Å². The molecule has 1 fully saturated rings. The number of hydrogen-bond acceptors (Lipinski definition) is 4. The van der Waals surface area contributed by atoms with E-state index in [0.29, 0.717) is 6.04 Å². The zero-order valence-corrected chi connectivity index (χ0v) is 13.7. The van der Waals surface area contributed by atoms with Gasteiger partial charge in [0, 0.05) is 55.3 Å². The van der Waals surface area contributed by atoms with Gasteiger partial charge in [-0.05, 0) is 48.6 Å². The third-order valence-corrected chi connectivity index (χ3v) is 4.71. The van der Waals surface area contributed by atoms with Crippen LogP contribution in [0.5, 0.6) is 0 Å². The molecular formula is C20H22N4. The number of fused-ring (bicyclic) bond motifs is 1. The summed E-state index contributed by atoms with van der Waals surface area (Å²) < 4.78 is 0. The number of rotatable bonds is 4. The number of likely N-dealkylation sites (tertiary alicyclic amines) is 1. The highest BCUT2D eigenvalue weighted by Gasteiger charge is 2.19. The van der Waals surface area contributed by atoms with Gasteiger partial charge in [-0.15, -0.1) is 0 Å². The average molecular weight is 318 g/mol. The predicted octanol–water partition coefficient (Wildman–Crippen LogP) is 3.71. The maximum Gasteiger partial charge on any atom is 0.0543 e. The second kappa shape index (κ2) is 6.97. The van der Waals surface area contributed by atoms with E-state index in [1.807, 2.05) is 24.7 Å². The fourth-order valence-corrected chi connectivity index (χ4v) is 3.36. The molecule has 4 rings (SSSR count). The standard InChI is InChI=1S/C20H22N4/c1-2-9-22-20(3-1)15-24-11-7-18(8-12-24)23-19-5-4-17-14-21-10-6-16(17)13-19/h1-6,9-10,13-14,18,23H,7-8,11-12,15H2. The average Bonchev–Trinajstić information content (AvgIpc) is 2.64. The highest BCUT2D eigenvalue weighted by atomic mass is 15.1. The Balaban J connectivity index is 1.34. The van der Waals surface area contributed by atoms with Gasteiger partial charge < -0.3 is 5.32 Å². The molecule has 1 N–H and O–H groups in total. The van der Waals surface area contributed by atoms with Crippen LogP contribution in [-0.2, 0) is 6.54 Å². The Bertz CT molecular complexity index is 795. The van der Waals surface area contributed by atoms with Crippen molar-refractivity contribution in [3.05, 3.63) is 66.7 Å². The first-order valence-electron chi connectivity index (χ1n) is 8.59. The second-order valence-electron chi connectivity index (χ2n) is 6.45. The molecule has 4 nitrogen and oxygen atoms in total. The van der Waals surface area contributed by atoms with E-state index in [9.17, 15) is 0 Å². The lowest BCUT2D eigenvalue weighted by Crippen LogP contribution is -2.38. The Morgan fingerprint density at radius 2 is 1.92 bits per heavy atom. The van der Waals surface area contributed by atoms with Gasteiger partial charge in [-0.1, -0.05) is 12.1 Å². The van der Waals surface area contributed by atoms with Crippen molar-refractivity contribution in [2.24, 2.45) is 0 Å². The van der Waals surface area contributed by atoms with Gasteiger partial charge in [-0.25, -0.2) is 0 Å². The summed E-state index contributed by atoms with van der Waals surface area (Å²) in [6, 6.07) is 15.3. The molecule has 0 radical (unpaired) electrons. The van der Waals surface area contributed by atoms with Crippen molar-refractivity contribution >= 4 is 16.5 Å². The third kappa shape index (κ3) is 3.54. The van der Waals surface area contributed by atoms with Gasteiger partial charge >= 0.3 is 0 Å². The van der Waals surface area contributed by atoms with Crippen molar-refractivity contribution in [3.63, 3.8) is 0 Å². The lowest BCUT2D eigenvalue weighted by atomic mass is 10.0. The fraction of sp³-hybridized carbons (Fsp3) is 0.300.